The van der Waals surface area contributed by atoms with Gasteiger partial charge in [0.25, 0.3) is 0 Å². The Morgan fingerprint density at radius 1 is 0.900 bits per heavy atom. The molecular weight excluding hydrogens is 401 g/mol. The second-order valence-electron chi connectivity index (χ2n) is 7.55. The van der Waals surface area contributed by atoms with Crippen LogP contribution >= 0.6 is 11.6 Å². The van der Waals surface area contributed by atoms with E-state index in [1.54, 1.807) is 0 Å². The number of nitrogens with zero attached hydrogens (tertiary/aromatic N) is 5. The van der Waals surface area contributed by atoms with Gasteiger partial charge in [0.2, 0.25) is 0 Å². The first kappa shape index (κ1) is 19.2. The lowest BCUT2D eigenvalue weighted by atomic mass is 10.1. The van der Waals surface area contributed by atoms with E-state index in [2.05, 4.69) is 15.1 Å². The topological polar surface area (TPSA) is 46.8 Å². The molecule has 0 spiro atoms. The van der Waals surface area contributed by atoms with Crippen LogP contribution in [0.3, 0.4) is 0 Å². The molecule has 2 aromatic carbocycles. The summed E-state index contributed by atoms with van der Waals surface area (Å²) in [4.78, 5) is 2.12. The molecule has 0 radical (unpaired) electrons. The summed E-state index contributed by atoms with van der Waals surface area (Å²) in [6.45, 7) is 2.57. The van der Waals surface area contributed by atoms with Gasteiger partial charge in [-0.3, -0.25) is 4.90 Å². The van der Waals surface area contributed by atoms with Crippen LogP contribution < -0.4 is 0 Å². The zero-order valence-corrected chi connectivity index (χ0v) is 17.1. The van der Waals surface area contributed by atoms with Gasteiger partial charge in [-0.1, -0.05) is 72.3 Å². The van der Waals surface area contributed by atoms with E-state index >= 15 is 0 Å². The van der Waals surface area contributed by atoms with Crippen molar-refractivity contribution >= 4 is 22.6 Å². The van der Waals surface area contributed by atoms with Gasteiger partial charge in [0.05, 0.1) is 17.0 Å². The Labute approximate surface area is 179 Å². The maximum atomic E-state index is 13.5. The van der Waals surface area contributed by atoms with Gasteiger partial charge in [-0.15, -0.1) is 10.2 Å². The second kappa shape index (κ2) is 8.13. The Morgan fingerprint density at radius 3 is 2.20 bits per heavy atom. The van der Waals surface area contributed by atoms with Crippen LogP contribution in [0.2, 0.25) is 5.02 Å². The molecule has 3 heterocycles. The Hall–Kier alpha value is -2.83. The normalized spacial score (nSPS) is 17.1. The van der Waals surface area contributed by atoms with E-state index in [0.29, 0.717) is 42.4 Å². The highest BCUT2D eigenvalue weighted by Crippen LogP contribution is 2.37. The molecule has 7 heteroatoms. The van der Waals surface area contributed by atoms with Crippen LogP contribution in [0.4, 0.5) is 4.39 Å². The quantitative estimate of drug-likeness (QED) is 0.461. The fourth-order valence-corrected chi connectivity index (χ4v) is 4.30. The van der Waals surface area contributed by atoms with Gasteiger partial charge in [0.15, 0.2) is 5.65 Å². The number of aromatic nitrogens is 4. The Kier molecular flexibility index (Phi) is 5.19. The van der Waals surface area contributed by atoms with Crippen molar-refractivity contribution in [2.24, 2.45) is 0 Å². The average Bonchev–Trinajstić information content (AvgIpc) is 3.37. The Balaban J connectivity index is 1.60. The molecule has 5 rings (SSSR count). The minimum Gasteiger partial charge on any atom is -0.299 e. The van der Waals surface area contributed by atoms with Gasteiger partial charge in [-0.25, -0.2) is 9.07 Å². The molecule has 1 atom stereocenters. The summed E-state index contributed by atoms with van der Waals surface area (Å²) in [7, 11) is 0. The molecule has 1 saturated heterocycles. The number of hydrogen-bond donors (Lipinski definition) is 0. The first-order valence-electron chi connectivity index (χ1n) is 10.1. The molecular formula is C23H21ClFN5. The largest absolute Gasteiger partial charge is 0.299 e. The third-order valence-corrected chi connectivity index (χ3v) is 5.90. The van der Waals surface area contributed by atoms with Crippen LogP contribution in [-0.4, -0.2) is 50.7 Å². The molecule has 0 amide bonds. The van der Waals surface area contributed by atoms with Crippen molar-refractivity contribution in [3.8, 4) is 22.5 Å². The molecule has 1 aliphatic heterocycles. The molecule has 1 unspecified atom stereocenters. The zero-order chi connectivity index (χ0) is 20.5. The van der Waals surface area contributed by atoms with E-state index in [1.165, 1.54) is 0 Å². The predicted octanol–water partition coefficient (Wildman–Crippen LogP) is 4.86. The summed E-state index contributed by atoms with van der Waals surface area (Å²) in [6.07, 6.45) is -0.136. The molecule has 0 N–H and O–H groups in total. The number of alkyl halides is 1. The highest BCUT2D eigenvalue weighted by Gasteiger charge is 2.24. The standard InChI is InChI=1S/C23H21ClFN5/c24-20-19-21(16-7-3-1-4-8-16)28-30(14-13-29-12-11-18(25)15-29)23(19)27-26-22(20)17-9-5-2-6-10-17/h1-10,18H,11-15H2. The van der Waals surface area contributed by atoms with E-state index in [-0.39, 0.29) is 0 Å². The lowest BCUT2D eigenvalue weighted by Crippen LogP contribution is -2.26. The Bertz CT molecular complexity index is 1160. The summed E-state index contributed by atoms with van der Waals surface area (Å²) in [5.41, 5.74) is 3.96. The average molecular weight is 422 g/mol. The van der Waals surface area contributed by atoms with Gasteiger partial charge in [-0.2, -0.15) is 5.10 Å². The van der Waals surface area contributed by atoms with Crippen molar-refractivity contribution < 1.29 is 4.39 Å². The Morgan fingerprint density at radius 2 is 1.57 bits per heavy atom. The summed E-state index contributed by atoms with van der Waals surface area (Å²) in [6, 6.07) is 19.7. The lowest BCUT2D eigenvalue weighted by molar-refractivity contribution is 0.277. The van der Waals surface area contributed by atoms with E-state index in [0.717, 1.165) is 28.8 Å². The summed E-state index contributed by atoms with van der Waals surface area (Å²) in [5, 5.41) is 15.1. The SMILES string of the molecule is FC1CCN(CCn2nc(-c3ccccc3)c3c(Cl)c(-c4ccccc4)nnc32)C1. The maximum absolute atomic E-state index is 13.5. The van der Waals surface area contributed by atoms with E-state index < -0.39 is 6.17 Å². The number of benzene rings is 2. The van der Waals surface area contributed by atoms with E-state index in [1.807, 2.05) is 65.3 Å². The van der Waals surface area contributed by atoms with Crippen LogP contribution in [0.5, 0.6) is 0 Å². The maximum Gasteiger partial charge on any atom is 0.182 e. The molecule has 4 aromatic rings. The van der Waals surface area contributed by atoms with Crippen LogP contribution in [0.15, 0.2) is 60.7 Å². The molecule has 0 saturated carbocycles. The lowest BCUT2D eigenvalue weighted by Gasteiger charge is -2.14. The van der Waals surface area contributed by atoms with Crippen molar-refractivity contribution in [3.63, 3.8) is 0 Å². The first-order chi connectivity index (χ1) is 14.7. The summed E-state index contributed by atoms with van der Waals surface area (Å²) < 4.78 is 15.4. The molecule has 30 heavy (non-hydrogen) atoms. The van der Waals surface area contributed by atoms with Crippen molar-refractivity contribution in [1.82, 2.24) is 24.9 Å². The van der Waals surface area contributed by atoms with Crippen molar-refractivity contribution in [1.29, 1.82) is 0 Å². The van der Waals surface area contributed by atoms with Gasteiger partial charge in [-0.05, 0) is 6.42 Å². The van der Waals surface area contributed by atoms with Crippen LogP contribution in [0, 0.1) is 0 Å². The number of halogens is 2. The third-order valence-electron chi connectivity index (χ3n) is 5.54. The predicted molar refractivity (Wildman–Crippen MR) is 117 cm³/mol. The highest BCUT2D eigenvalue weighted by molar-refractivity contribution is 6.38. The second-order valence-corrected chi connectivity index (χ2v) is 7.93. The van der Waals surface area contributed by atoms with Gasteiger partial charge in [0.1, 0.15) is 17.6 Å². The summed E-state index contributed by atoms with van der Waals surface area (Å²) >= 11 is 6.88. The number of likely N-dealkylation sites (tertiary alicyclic amines) is 1. The van der Waals surface area contributed by atoms with Crippen LogP contribution in [0.25, 0.3) is 33.5 Å². The van der Waals surface area contributed by atoms with E-state index in [9.17, 15) is 4.39 Å². The van der Waals surface area contributed by atoms with Crippen molar-refractivity contribution in [2.75, 3.05) is 19.6 Å². The molecule has 1 fully saturated rings. The van der Waals surface area contributed by atoms with Gasteiger partial charge in [0, 0.05) is 30.8 Å². The molecule has 2 aromatic heterocycles. The first-order valence-corrected chi connectivity index (χ1v) is 10.5. The number of rotatable bonds is 5. The van der Waals surface area contributed by atoms with Crippen LogP contribution in [-0.2, 0) is 6.54 Å². The zero-order valence-electron chi connectivity index (χ0n) is 16.4. The minimum absolute atomic E-state index is 0.481. The van der Waals surface area contributed by atoms with E-state index in [4.69, 9.17) is 16.7 Å². The number of fused-ring (bicyclic) bond motifs is 1. The fourth-order valence-electron chi connectivity index (χ4n) is 3.98. The smallest absolute Gasteiger partial charge is 0.182 e. The van der Waals surface area contributed by atoms with Crippen LogP contribution in [0.1, 0.15) is 6.42 Å². The summed E-state index contributed by atoms with van der Waals surface area (Å²) in [5.74, 6) is 0. The minimum atomic E-state index is -0.734. The van der Waals surface area contributed by atoms with Gasteiger partial charge >= 0.3 is 0 Å². The number of hydrogen-bond acceptors (Lipinski definition) is 4. The fraction of sp³-hybridized carbons (Fsp3) is 0.261. The third kappa shape index (κ3) is 3.57. The molecule has 152 valence electrons. The molecule has 0 aliphatic carbocycles. The van der Waals surface area contributed by atoms with Gasteiger partial charge < -0.3 is 0 Å². The molecule has 5 nitrogen and oxygen atoms in total. The highest BCUT2D eigenvalue weighted by atomic mass is 35.5. The van der Waals surface area contributed by atoms with Crippen molar-refractivity contribution in [3.05, 3.63) is 65.7 Å². The molecule has 0 bridgehead atoms. The molecule has 1 aliphatic rings. The monoisotopic (exact) mass is 421 g/mol. The van der Waals surface area contributed by atoms with Crippen molar-refractivity contribution in [2.45, 2.75) is 19.1 Å².